The van der Waals surface area contributed by atoms with Crippen LogP contribution in [0.5, 0.6) is 0 Å². The zero-order valence-electron chi connectivity index (χ0n) is 16.1. The number of sulfonamides is 1. The van der Waals surface area contributed by atoms with Gasteiger partial charge in [-0.25, -0.2) is 13.2 Å². The number of carbonyl (C=O) groups is 3. The van der Waals surface area contributed by atoms with Gasteiger partial charge in [0.15, 0.2) is 6.61 Å². The van der Waals surface area contributed by atoms with E-state index in [-0.39, 0.29) is 15.7 Å². The van der Waals surface area contributed by atoms with Crippen LogP contribution in [0.4, 0.5) is 0 Å². The Bertz CT molecular complexity index is 1040. The van der Waals surface area contributed by atoms with E-state index >= 15 is 0 Å². The first-order valence-electron chi connectivity index (χ1n) is 8.98. The molecule has 0 aromatic carbocycles. The standard InChI is InChI=1S/C18H20N2O6S4/c1-12(21)19-10-13-2-3-15(29-13)14(22)11-26-18(23)17-16(4-7-28-17)30(24,25)20-5-8-27-9-6-20/h2-4,7H,5-6,8-11H2,1H3,(H,19,21). The van der Waals surface area contributed by atoms with E-state index < -0.39 is 28.4 Å². The number of Topliss-reactive ketones (excluding diaryl/α,β-unsaturated/α-hetero) is 1. The van der Waals surface area contributed by atoms with Crippen molar-refractivity contribution in [1.29, 1.82) is 0 Å². The van der Waals surface area contributed by atoms with Crippen molar-refractivity contribution in [3.05, 3.63) is 38.2 Å². The van der Waals surface area contributed by atoms with Gasteiger partial charge in [-0.2, -0.15) is 16.1 Å². The fourth-order valence-electron chi connectivity index (χ4n) is 2.68. The van der Waals surface area contributed by atoms with Gasteiger partial charge < -0.3 is 10.1 Å². The van der Waals surface area contributed by atoms with Crippen molar-refractivity contribution in [1.82, 2.24) is 9.62 Å². The minimum atomic E-state index is -3.78. The van der Waals surface area contributed by atoms with Crippen LogP contribution in [0.2, 0.25) is 0 Å². The third-order valence-corrected chi connectivity index (χ3v) is 9.22. The van der Waals surface area contributed by atoms with Gasteiger partial charge in [-0.05, 0) is 23.6 Å². The van der Waals surface area contributed by atoms with E-state index in [1.165, 1.54) is 34.0 Å². The number of rotatable bonds is 8. The zero-order chi connectivity index (χ0) is 21.7. The van der Waals surface area contributed by atoms with Crippen molar-refractivity contribution in [2.75, 3.05) is 31.2 Å². The highest BCUT2D eigenvalue weighted by Gasteiger charge is 2.32. The highest BCUT2D eigenvalue weighted by atomic mass is 32.2. The van der Waals surface area contributed by atoms with Gasteiger partial charge in [0.05, 0.1) is 11.4 Å². The van der Waals surface area contributed by atoms with E-state index in [2.05, 4.69) is 5.32 Å². The molecule has 1 fully saturated rings. The second kappa shape index (κ2) is 10.1. The van der Waals surface area contributed by atoms with Gasteiger partial charge in [-0.15, -0.1) is 22.7 Å². The van der Waals surface area contributed by atoms with Gasteiger partial charge >= 0.3 is 5.97 Å². The van der Waals surface area contributed by atoms with Crippen LogP contribution in [0, 0.1) is 0 Å². The van der Waals surface area contributed by atoms with Gasteiger partial charge in [0, 0.05) is 36.4 Å². The Morgan fingerprint density at radius 2 is 1.90 bits per heavy atom. The Balaban J connectivity index is 1.63. The number of carbonyl (C=O) groups excluding carboxylic acids is 3. The van der Waals surface area contributed by atoms with Crippen molar-refractivity contribution >= 4 is 62.1 Å². The molecule has 1 saturated heterocycles. The number of hydrogen-bond donors (Lipinski definition) is 1. The molecule has 8 nitrogen and oxygen atoms in total. The topological polar surface area (TPSA) is 110 Å². The van der Waals surface area contributed by atoms with E-state index in [4.69, 9.17) is 4.74 Å². The van der Waals surface area contributed by atoms with Crippen LogP contribution in [0.25, 0.3) is 0 Å². The molecule has 0 spiro atoms. The summed E-state index contributed by atoms with van der Waals surface area (Å²) in [5.74, 6) is 0.0233. The number of esters is 1. The Morgan fingerprint density at radius 1 is 1.17 bits per heavy atom. The molecular weight excluding hydrogens is 468 g/mol. The Hall–Kier alpha value is -1.73. The summed E-state index contributed by atoms with van der Waals surface area (Å²) in [5, 5.41) is 4.17. The number of ketones is 1. The number of ether oxygens (including phenoxy) is 1. The van der Waals surface area contributed by atoms with Gasteiger partial charge in [0.2, 0.25) is 21.7 Å². The Labute approximate surface area is 186 Å². The molecule has 1 N–H and O–H groups in total. The highest BCUT2D eigenvalue weighted by molar-refractivity contribution is 7.99. The van der Waals surface area contributed by atoms with Gasteiger partial charge in [-0.1, -0.05) is 0 Å². The van der Waals surface area contributed by atoms with Crippen molar-refractivity contribution < 1.29 is 27.5 Å². The molecule has 12 heteroatoms. The maximum Gasteiger partial charge on any atom is 0.350 e. The predicted octanol–water partition coefficient (Wildman–Crippen LogP) is 2.22. The number of thioether (sulfide) groups is 1. The second-order valence-corrected chi connectivity index (χ2v) is 11.5. The molecule has 0 bridgehead atoms. The Morgan fingerprint density at radius 3 is 2.60 bits per heavy atom. The lowest BCUT2D eigenvalue weighted by atomic mass is 10.3. The fraction of sp³-hybridized carbons (Fsp3) is 0.389. The van der Waals surface area contributed by atoms with Crippen LogP contribution in [0.15, 0.2) is 28.5 Å². The summed E-state index contributed by atoms with van der Waals surface area (Å²) >= 11 is 3.86. The quantitative estimate of drug-likeness (QED) is 0.448. The van der Waals surface area contributed by atoms with Crippen LogP contribution in [-0.2, 0) is 26.1 Å². The fourth-order valence-corrected chi connectivity index (χ4v) is 7.41. The van der Waals surface area contributed by atoms with Crippen LogP contribution in [0.1, 0.15) is 31.1 Å². The molecule has 1 aliphatic heterocycles. The van der Waals surface area contributed by atoms with E-state index in [1.807, 2.05) is 0 Å². The van der Waals surface area contributed by atoms with Crippen LogP contribution in [-0.4, -0.2) is 61.6 Å². The minimum Gasteiger partial charge on any atom is -0.453 e. The summed E-state index contributed by atoms with van der Waals surface area (Å²) in [5.41, 5.74) is 0. The van der Waals surface area contributed by atoms with Crippen molar-refractivity contribution in [2.24, 2.45) is 0 Å². The third-order valence-electron chi connectivity index (χ3n) is 4.18. The molecule has 30 heavy (non-hydrogen) atoms. The van der Waals surface area contributed by atoms with Gasteiger partial charge in [-0.3, -0.25) is 9.59 Å². The molecule has 0 aliphatic carbocycles. The maximum absolute atomic E-state index is 12.9. The molecule has 2 aromatic heterocycles. The number of thiophene rings is 2. The van der Waals surface area contributed by atoms with Crippen molar-refractivity contribution in [3.63, 3.8) is 0 Å². The summed E-state index contributed by atoms with van der Waals surface area (Å²) in [6, 6.07) is 4.72. The lowest BCUT2D eigenvalue weighted by Crippen LogP contribution is -2.38. The molecule has 3 rings (SSSR count). The highest BCUT2D eigenvalue weighted by Crippen LogP contribution is 2.28. The normalized spacial score (nSPS) is 15.0. The summed E-state index contributed by atoms with van der Waals surface area (Å²) in [7, 11) is -3.78. The molecular formula is C18H20N2O6S4. The van der Waals surface area contributed by atoms with Crippen LogP contribution in [0.3, 0.4) is 0 Å². The minimum absolute atomic E-state index is 0.0291. The van der Waals surface area contributed by atoms with E-state index in [0.717, 1.165) is 16.2 Å². The average Bonchev–Trinajstić information content (AvgIpc) is 3.41. The number of amides is 1. The summed E-state index contributed by atoms with van der Waals surface area (Å²) < 4.78 is 32.2. The number of hydrogen-bond acceptors (Lipinski definition) is 9. The first kappa shape index (κ1) is 22.9. The Kier molecular flexibility index (Phi) is 7.69. The SMILES string of the molecule is CC(=O)NCc1ccc(C(=O)COC(=O)c2sccc2S(=O)(=O)N2CCSCC2)s1. The first-order chi connectivity index (χ1) is 14.3. The summed E-state index contributed by atoms with van der Waals surface area (Å²) in [4.78, 5) is 36.9. The molecule has 1 amide bonds. The third kappa shape index (κ3) is 5.49. The monoisotopic (exact) mass is 488 g/mol. The second-order valence-electron chi connectivity index (χ2n) is 6.31. The smallest absolute Gasteiger partial charge is 0.350 e. The summed E-state index contributed by atoms with van der Waals surface area (Å²) in [6.07, 6.45) is 0. The predicted molar refractivity (Wildman–Crippen MR) is 117 cm³/mol. The molecule has 3 heterocycles. The number of nitrogens with zero attached hydrogens (tertiary/aromatic N) is 1. The zero-order valence-corrected chi connectivity index (χ0v) is 19.3. The van der Waals surface area contributed by atoms with E-state index in [0.29, 0.717) is 36.0 Å². The average molecular weight is 489 g/mol. The molecule has 162 valence electrons. The molecule has 0 radical (unpaired) electrons. The first-order valence-corrected chi connectivity index (χ1v) is 13.3. The maximum atomic E-state index is 12.9. The largest absolute Gasteiger partial charge is 0.453 e. The number of nitrogens with one attached hydrogen (secondary N) is 1. The van der Waals surface area contributed by atoms with E-state index in [1.54, 1.807) is 23.9 Å². The lowest BCUT2D eigenvalue weighted by molar-refractivity contribution is -0.119. The van der Waals surface area contributed by atoms with Gasteiger partial charge in [0.25, 0.3) is 0 Å². The van der Waals surface area contributed by atoms with Crippen LogP contribution < -0.4 is 5.32 Å². The van der Waals surface area contributed by atoms with E-state index in [9.17, 15) is 22.8 Å². The van der Waals surface area contributed by atoms with Crippen molar-refractivity contribution in [3.8, 4) is 0 Å². The summed E-state index contributed by atoms with van der Waals surface area (Å²) in [6.45, 7) is 2.03. The van der Waals surface area contributed by atoms with Crippen LogP contribution >= 0.6 is 34.4 Å². The van der Waals surface area contributed by atoms with Gasteiger partial charge in [0.1, 0.15) is 9.77 Å². The lowest BCUT2D eigenvalue weighted by Gasteiger charge is -2.25. The molecule has 0 unspecified atom stereocenters. The molecule has 1 aliphatic rings. The molecule has 0 saturated carbocycles. The molecule has 0 atom stereocenters. The molecule has 2 aromatic rings. The van der Waals surface area contributed by atoms with Crippen molar-refractivity contribution in [2.45, 2.75) is 18.4 Å².